The van der Waals surface area contributed by atoms with Crippen molar-refractivity contribution in [3.63, 3.8) is 0 Å². The molecule has 0 bridgehead atoms. The zero-order chi connectivity index (χ0) is 18.1. The number of rotatable bonds is 4. The number of aromatic nitrogens is 1. The second-order valence-corrected chi connectivity index (χ2v) is 6.18. The molecule has 2 aromatic carbocycles. The minimum atomic E-state index is 0.0520. The Morgan fingerprint density at radius 1 is 1.04 bits per heavy atom. The first-order valence-corrected chi connectivity index (χ1v) is 8.46. The van der Waals surface area contributed by atoms with Crippen LogP contribution in [0.15, 0.2) is 65.8 Å². The summed E-state index contributed by atoms with van der Waals surface area (Å²) in [6.45, 7) is 2.13. The topological polar surface area (TPSA) is 51.6 Å². The van der Waals surface area contributed by atoms with E-state index in [0.29, 0.717) is 12.1 Å². The molecule has 3 aromatic rings. The first kappa shape index (κ1) is 16.2. The van der Waals surface area contributed by atoms with Gasteiger partial charge < -0.3 is 4.74 Å². The number of hydrogen-bond donors (Lipinski definition) is 0. The highest BCUT2D eigenvalue weighted by molar-refractivity contribution is 6.19. The van der Waals surface area contributed by atoms with Crippen molar-refractivity contribution < 1.29 is 9.53 Å². The van der Waals surface area contributed by atoms with Crippen LogP contribution in [0.1, 0.15) is 34.1 Å². The van der Waals surface area contributed by atoms with Crippen LogP contribution in [0.4, 0.5) is 0 Å². The van der Waals surface area contributed by atoms with Crippen molar-refractivity contribution in [3.8, 4) is 16.9 Å². The largest absolute Gasteiger partial charge is 0.496 e. The van der Waals surface area contributed by atoms with E-state index >= 15 is 0 Å². The molecule has 4 nitrogen and oxygen atoms in total. The molecule has 1 aromatic heterocycles. The summed E-state index contributed by atoms with van der Waals surface area (Å²) >= 11 is 0. The number of nitrogens with zero attached hydrogens (tertiary/aromatic N) is 2. The maximum Gasteiger partial charge on any atom is 0.159 e. The number of carbonyl (C=O) groups is 1. The summed E-state index contributed by atoms with van der Waals surface area (Å²) in [7, 11) is 1.66. The predicted octanol–water partition coefficient (Wildman–Crippen LogP) is 4.31. The number of hydrogen-bond acceptors (Lipinski definition) is 4. The van der Waals surface area contributed by atoms with Crippen molar-refractivity contribution in [1.82, 2.24) is 4.98 Å². The lowest BCUT2D eigenvalue weighted by molar-refractivity contribution is 0.101. The average Bonchev–Trinajstić information content (AvgIpc) is 3.12. The first-order chi connectivity index (χ1) is 12.7. The highest BCUT2D eigenvalue weighted by atomic mass is 16.5. The summed E-state index contributed by atoms with van der Waals surface area (Å²) in [5.41, 5.74) is 6.50. The molecule has 26 heavy (non-hydrogen) atoms. The van der Waals surface area contributed by atoms with Crippen LogP contribution in [0.25, 0.3) is 11.1 Å². The van der Waals surface area contributed by atoms with E-state index in [1.807, 2.05) is 54.6 Å². The van der Waals surface area contributed by atoms with Crippen molar-refractivity contribution in [1.29, 1.82) is 0 Å². The summed E-state index contributed by atoms with van der Waals surface area (Å²) in [5, 5.41) is 0. The van der Waals surface area contributed by atoms with E-state index in [4.69, 9.17) is 9.73 Å². The molecule has 4 rings (SSSR count). The fourth-order valence-corrected chi connectivity index (χ4v) is 3.33. The van der Waals surface area contributed by atoms with Gasteiger partial charge in [-0.1, -0.05) is 30.3 Å². The van der Waals surface area contributed by atoms with Gasteiger partial charge in [-0.25, -0.2) is 0 Å². The van der Waals surface area contributed by atoms with Crippen LogP contribution in [0, 0.1) is 0 Å². The lowest BCUT2D eigenvalue weighted by Gasteiger charge is -2.13. The highest BCUT2D eigenvalue weighted by Gasteiger charge is 2.25. The van der Waals surface area contributed by atoms with E-state index in [2.05, 4.69) is 4.98 Å². The Bertz CT molecular complexity index is 1040. The SMILES string of the molecule is COc1ccccc1C1=NCc2nccc(-c3cccc(C(C)=O)c3)c21. The maximum atomic E-state index is 11.8. The maximum absolute atomic E-state index is 11.8. The lowest BCUT2D eigenvalue weighted by atomic mass is 9.92. The normalized spacial score (nSPS) is 12.5. The van der Waals surface area contributed by atoms with Gasteiger partial charge in [0.15, 0.2) is 5.78 Å². The van der Waals surface area contributed by atoms with Gasteiger partial charge in [-0.15, -0.1) is 0 Å². The molecule has 4 heteroatoms. The van der Waals surface area contributed by atoms with Gasteiger partial charge in [-0.2, -0.15) is 0 Å². The molecule has 0 fully saturated rings. The van der Waals surface area contributed by atoms with E-state index in [0.717, 1.165) is 39.4 Å². The van der Waals surface area contributed by atoms with E-state index in [1.54, 1.807) is 20.2 Å². The third kappa shape index (κ3) is 2.69. The number of Topliss-reactive ketones (excluding diaryl/α,β-unsaturated/α-hetero) is 1. The zero-order valence-electron chi connectivity index (χ0n) is 14.7. The van der Waals surface area contributed by atoms with E-state index in [9.17, 15) is 4.79 Å². The van der Waals surface area contributed by atoms with Gasteiger partial charge in [0.2, 0.25) is 0 Å². The molecule has 1 aliphatic heterocycles. The molecular weight excluding hydrogens is 324 g/mol. The van der Waals surface area contributed by atoms with Crippen molar-refractivity contribution >= 4 is 11.5 Å². The van der Waals surface area contributed by atoms with Crippen LogP contribution in [-0.2, 0) is 6.54 Å². The smallest absolute Gasteiger partial charge is 0.159 e. The fraction of sp³-hybridized carbons (Fsp3) is 0.136. The molecule has 128 valence electrons. The number of fused-ring (bicyclic) bond motifs is 1. The molecule has 1 aliphatic rings. The minimum Gasteiger partial charge on any atom is -0.496 e. The van der Waals surface area contributed by atoms with Crippen molar-refractivity contribution in [2.24, 2.45) is 4.99 Å². The van der Waals surface area contributed by atoms with Crippen molar-refractivity contribution in [3.05, 3.63) is 83.2 Å². The van der Waals surface area contributed by atoms with Crippen LogP contribution in [-0.4, -0.2) is 23.6 Å². The number of benzene rings is 2. The van der Waals surface area contributed by atoms with Crippen LogP contribution in [0.2, 0.25) is 0 Å². The highest BCUT2D eigenvalue weighted by Crippen LogP contribution is 2.34. The third-order valence-electron chi connectivity index (χ3n) is 4.60. The molecular formula is C22H18N2O2. The van der Waals surface area contributed by atoms with E-state index < -0.39 is 0 Å². The summed E-state index contributed by atoms with van der Waals surface area (Å²) in [4.78, 5) is 21.0. The number of pyridine rings is 1. The Kier molecular flexibility index (Phi) is 4.09. The molecule has 0 N–H and O–H groups in total. The van der Waals surface area contributed by atoms with Crippen LogP contribution in [0.5, 0.6) is 5.75 Å². The second kappa shape index (κ2) is 6.56. The van der Waals surface area contributed by atoms with Crippen LogP contribution in [0.3, 0.4) is 0 Å². The Labute approximate surface area is 152 Å². The van der Waals surface area contributed by atoms with Gasteiger partial charge in [0.25, 0.3) is 0 Å². The third-order valence-corrected chi connectivity index (χ3v) is 4.60. The van der Waals surface area contributed by atoms with Gasteiger partial charge in [0, 0.05) is 22.9 Å². The molecule has 2 heterocycles. The predicted molar refractivity (Wildman–Crippen MR) is 102 cm³/mol. The molecule has 0 amide bonds. The zero-order valence-corrected chi connectivity index (χ0v) is 14.7. The van der Waals surface area contributed by atoms with Gasteiger partial charge in [-0.05, 0) is 42.3 Å². The minimum absolute atomic E-state index is 0.0520. The Balaban J connectivity index is 1.90. The monoisotopic (exact) mass is 342 g/mol. The van der Waals surface area contributed by atoms with Crippen molar-refractivity contribution in [2.75, 3.05) is 7.11 Å². The van der Waals surface area contributed by atoms with Gasteiger partial charge in [-0.3, -0.25) is 14.8 Å². The first-order valence-electron chi connectivity index (χ1n) is 8.46. The molecule has 0 spiro atoms. The molecule has 0 saturated carbocycles. The van der Waals surface area contributed by atoms with Gasteiger partial charge in [0.05, 0.1) is 25.1 Å². The second-order valence-electron chi connectivity index (χ2n) is 6.18. The summed E-state index contributed by atoms with van der Waals surface area (Å²) in [6, 6.07) is 17.5. The number of ketones is 1. The fourth-order valence-electron chi connectivity index (χ4n) is 3.33. The number of carbonyl (C=O) groups excluding carboxylic acids is 1. The average molecular weight is 342 g/mol. The van der Waals surface area contributed by atoms with Crippen LogP contribution < -0.4 is 4.74 Å². The number of methoxy groups -OCH3 is 1. The Hall–Kier alpha value is -3.27. The lowest BCUT2D eigenvalue weighted by Crippen LogP contribution is -2.06. The van der Waals surface area contributed by atoms with E-state index in [-0.39, 0.29) is 5.78 Å². The molecule has 0 unspecified atom stereocenters. The number of aliphatic imine (C=N–C) groups is 1. The molecule has 0 aliphatic carbocycles. The summed E-state index contributed by atoms with van der Waals surface area (Å²) < 4.78 is 5.52. The number of ether oxygens (including phenoxy) is 1. The molecule has 0 saturated heterocycles. The van der Waals surface area contributed by atoms with Crippen molar-refractivity contribution in [2.45, 2.75) is 13.5 Å². The Morgan fingerprint density at radius 2 is 1.88 bits per heavy atom. The quantitative estimate of drug-likeness (QED) is 0.664. The van der Waals surface area contributed by atoms with Gasteiger partial charge in [0.1, 0.15) is 5.75 Å². The molecule has 0 radical (unpaired) electrons. The van der Waals surface area contributed by atoms with Crippen LogP contribution >= 0.6 is 0 Å². The Morgan fingerprint density at radius 3 is 2.69 bits per heavy atom. The summed E-state index contributed by atoms with van der Waals surface area (Å²) in [6.07, 6.45) is 1.80. The summed E-state index contributed by atoms with van der Waals surface area (Å²) in [5.74, 6) is 0.836. The number of para-hydroxylation sites is 1. The standard InChI is InChI=1S/C22H18N2O2/c1-14(25)15-6-5-7-16(12-15)17-10-11-23-19-13-24-22(21(17)19)18-8-3-4-9-20(18)26-2/h3-12H,13H2,1-2H3. The molecule has 0 atom stereocenters. The van der Waals surface area contributed by atoms with Gasteiger partial charge >= 0.3 is 0 Å². The van der Waals surface area contributed by atoms with E-state index in [1.165, 1.54) is 0 Å².